The zero-order chi connectivity index (χ0) is 13.9. The molecule has 1 N–H and O–H groups in total. The van der Waals surface area contributed by atoms with Crippen molar-refractivity contribution in [3.8, 4) is 0 Å². The SMILES string of the molecule is Cc1ccc(C2(C(=O)CO[P+](=O)O)CCCC2)cc1. The van der Waals surface area contributed by atoms with E-state index in [2.05, 4.69) is 4.52 Å². The van der Waals surface area contributed by atoms with Gasteiger partial charge in [0, 0.05) is 4.57 Å². The van der Waals surface area contributed by atoms with Gasteiger partial charge in [-0.2, -0.15) is 0 Å². The van der Waals surface area contributed by atoms with Gasteiger partial charge in [-0.25, -0.2) is 0 Å². The Morgan fingerprint density at radius 1 is 1.32 bits per heavy atom. The van der Waals surface area contributed by atoms with Crippen LogP contribution >= 0.6 is 8.25 Å². The molecule has 19 heavy (non-hydrogen) atoms. The van der Waals surface area contributed by atoms with Crippen LogP contribution < -0.4 is 0 Å². The average molecular weight is 281 g/mol. The first-order valence-electron chi connectivity index (χ1n) is 6.44. The molecule has 102 valence electrons. The van der Waals surface area contributed by atoms with Crippen LogP contribution in [-0.4, -0.2) is 17.3 Å². The van der Waals surface area contributed by atoms with Crippen LogP contribution in [-0.2, 0) is 19.3 Å². The third-order valence-corrected chi connectivity index (χ3v) is 4.25. The van der Waals surface area contributed by atoms with E-state index in [0.717, 1.165) is 36.8 Å². The Morgan fingerprint density at radius 2 is 1.89 bits per heavy atom. The number of ketones is 1. The van der Waals surface area contributed by atoms with Gasteiger partial charge in [0.1, 0.15) is 0 Å². The minimum absolute atomic E-state index is 0.0914. The summed E-state index contributed by atoms with van der Waals surface area (Å²) in [5.41, 5.74) is 1.62. The second kappa shape index (κ2) is 5.91. The molecule has 4 nitrogen and oxygen atoms in total. The van der Waals surface area contributed by atoms with Gasteiger partial charge < -0.3 is 0 Å². The van der Waals surface area contributed by atoms with Crippen molar-refractivity contribution >= 4 is 14.0 Å². The summed E-state index contributed by atoms with van der Waals surface area (Å²) in [5, 5.41) is 0. The summed E-state index contributed by atoms with van der Waals surface area (Å²) in [6.07, 6.45) is 3.59. The van der Waals surface area contributed by atoms with Crippen molar-refractivity contribution in [1.82, 2.24) is 0 Å². The highest BCUT2D eigenvalue weighted by Crippen LogP contribution is 2.42. The average Bonchev–Trinajstić information content (AvgIpc) is 2.87. The summed E-state index contributed by atoms with van der Waals surface area (Å²) in [5.74, 6) is -0.0914. The molecule has 0 aliphatic heterocycles. The minimum Gasteiger partial charge on any atom is -0.296 e. The highest BCUT2D eigenvalue weighted by molar-refractivity contribution is 7.32. The molecule has 5 heteroatoms. The van der Waals surface area contributed by atoms with Gasteiger partial charge in [0.05, 0.1) is 5.41 Å². The van der Waals surface area contributed by atoms with E-state index in [0.29, 0.717) is 0 Å². The molecule has 0 saturated heterocycles. The van der Waals surface area contributed by atoms with Crippen LogP contribution in [0.1, 0.15) is 36.8 Å². The van der Waals surface area contributed by atoms with Crippen LogP contribution in [0.2, 0.25) is 0 Å². The Kier molecular flexibility index (Phi) is 4.46. The number of rotatable bonds is 5. The van der Waals surface area contributed by atoms with Crippen molar-refractivity contribution in [2.45, 2.75) is 38.0 Å². The lowest BCUT2D eigenvalue weighted by Gasteiger charge is -2.27. The van der Waals surface area contributed by atoms with Gasteiger partial charge in [0.25, 0.3) is 0 Å². The molecule has 1 saturated carbocycles. The molecule has 0 amide bonds. The summed E-state index contributed by atoms with van der Waals surface area (Å²) in [6, 6.07) is 7.96. The van der Waals surface area contributed by atoms with Crippen molar-refractivity contribution < 1.29 is 18.8 Å². The Balaban J connectivity index is 2.24. The maximum atomic E-state index is 12.4. The van der Waals surface area contributed by atoms with E-state index in [-0.39, 0.29) is 12.4 Å². The molecule has 0 aromatic heterocycles. The van der Waals surface area contributed by atoms with Crippen molar-refractivity contribution in [2.24, 2.45) is 0 Å². The number of carbonyl (C=O) groups is 1. The minimum atomic E-state index is -2.71. The van der Waals surface area contributed by atoms with E-state index in [9.17, 15) is 9.36 Å². The number of Topliss-reactive ketones (excluding diaryl/α,β-unsaturated/α-hetero) is 1. The topological polar surface area (TPSA) is 63.6 Å². The second-order valence-electron chi connectivity index (χ2n) is 5.09. The highest BCUT2D eigenvalue weighted by Gasteiger charge is 2.43. The summed E-state index contributed by atoms with van der Waals surface area (Å²) in [7, 11) is -2.71. The fourth-order valence-electron chi connectivity index (χ4n) is 2.83. The van der Waals surface area contributed by atoms with E-state index < -0.39 is 13.7 Å². The van der Waals surface area contributed by atoms with Gasteiger partial charge in [-0.05, 0) is 25.3 Å². The predicted octanol–water partition coefficient (Wildman–Crippen LogP) is 3.04. The molecule has 1 aliphatic rings. The van der Waals surface area contributed by atoms with Crippen molar-refractivity contribution in [3.05, 3.63) is 35.4 Å². The number of hydrogen-bond acceptors (Lipinski definition) is 3. The third kappa shape index (κ3) is 3.08. The zero-order valence-corrected chi connectivity index (χ0v) is 11.9. The summed E-state index contributed by atoms with van der Waals surface area (Å²) < 4.78 is 15.2. The molecule has 0 radical (unpaired) electrons. The molecule has 0 heterocycles. The van der Waals surface area contributed by atoms with Gasteiger partial charge in [0.15, 0.2) is 12.4 Å². The molecule has 0 spiro atoms. The van der Waals surface area contributed by atoms with Crippen LogP contribution in [0, 0.1) is 6.92 Å². The molecule has 1 aliphatic carbocycles. The van der Waals surface area contributed by atoms with Crippen LogP contribution in [0.5, 0.6) is 0 Å². The number of benzene rings is 1. The van der Waals surface area contributed by atoms with Gasteiger partial charge in [0.2, 0.25) is 0 Å². The maximum absolute atomic E-state index is 12.4. The van der Waals surface area contributed by atoms with Crippen LogP contribution in [0.3, 0.4) is 0 Å². The number of carbonyl (C=O) groups excluding carboxylic acids is 1. The Bertz CT molecular complexity index is 475. The Labute approximate surface area is 113 Å². The van der Waals surface area contributed by atoms with E-state index >= 15 is 0 Å². The second-order valence-corrected chi connectivity index (χ2v) is 5.82. The van der Waals surface area contributed by atoms with Crippen molar-refractivity contribution in [3.63, 3.8) is 0 Å². The van der Waals surface area contributed by atoms with E-state index in [4.69, 9.17) is 4.89 Å². The zero-order valence-electron chi connectivity index (χ0n) is 11.0. The van der Waals surface area contributed by atoms with Crippen LogP contribution in [0.25, 0.3) is 0 Å². The lowest BCUT2D eigenvalue weighted by atomic mass is 9.75. The first kappa shape index (κ1) is 14.3. The van der Waals surface area contributed by atoms with Crippen molar-refractivity contribution in [2.75, 3.05) is 6.61 Å². The van der Waals surface area contributed by atoms with Gasteiger partial charge in [-0.15, -0.1) is 9.42 Å². The van der Waals surface area contributed by atoms with E-state index in [1.807, 2.05) is 31.2 Å². The first-order chi connectivity index (χ1) is 9.04. The lowest BCUT2D eigenvalue weighted by Crippen LogP contribution is -2.35. The number of hydrogen-bond donors (Lipinski definition) is 1. The summed E-state index contributed by atoms with van der Waals surface area (Å²) in [6.45, 7) is 1.71. The standard InChI is InChI=1S/C14H17O4P/c1-11-4-6-12(7-5-11)14(8-2-3-9-14)13(15)10-18-19(16)17/h4-7H,2-3,8-10H2,1H3/p+1. The molecule has 1 aromatic rings. The van der Waals surface area contributed by atoms with Crippen LogP contribution in [0.15, 0.2) is 24.3 Å². The highest BCUT2D eigenvalue weighted by atomic mass is 31.1. The van der Waals surface area contributed by atoms with Crippen molar-refractivity contribution in [1.29, 1.82) is 0 Å². The Hall–Kier alpha value is -1.09. The summed E-state index contributed by atoms with van der Waals surface area (Å²) in [4.78, 5) is 21.1. The molecular weight excluding hydrogens is 263 g/mol. The lowest BCUT2D eigenvalue weighted by molar-refractivity contribution is -0.126. The van der Waals surface area contributed by atoms with Gasteiger partial charge >= 0.3 is 8.25 Å². The monoisotopic (exact) mass is 281 g/mol. The van der Waals surface area contributed by atoms with E-state index in [1.54, 1.807) is 0 Å². The number of aryl methyl sites for hydroxylation is 1. The fourth-order valence-corrected chi connectivity index (χ4v) is 3.06. The normalized spacial score (nSPS) is 18.3. The summed E-state index contributed by atoms with van der Waals surface area (Å²) >= 11 is 0. The van der Waals surface area contributed by atoms with E-state index in [1.165, 1.54) is 0 Å². The van der Waals surface area contributed by atoms with Gasteiger partial charge in [-0.1, -0.05) is 42.7 Å². The van der Waals surface area contributed by atoms with Crippen LogP contribution in [0.4, 0.5) is 0 Å². The fraction of sp³-hybridized carbons (Fsp3) is 0.500. The molecular formula is C14H18O4P+. The quantitative estimate of drug-likeness (QED) is 0.842. The Morgan fingerprint density at radius 3 is 2.42 bits per heavy atom. The molecule has 1 atom stereocenters. The molecule has 2 rings (SSSR count). The molecule has 1 aromatic carbocycles. The molecule has 1 fully saturated rings. The largest absolute Gasteiger partial charge is 0.695 e. The predicted molar refractivity (Wildman–Crippen MR) is 72.1 cm³/mol. The third-order valence-electron chi connectivity index (χ3n) is 3.90. The molecule has 1 unspecified atom stereocenters. The smallest absolute Gasteiger partial charge is 0.296 e. The molecule has 0 bridgehead atoms. The maximum Gasteiger partial charge on any atom is 0.695 e. The first-order valence-corrected chi connectivity index (χ1v) is 7.57. The van der Waals surface area contributed by atoms with Gasteiger partial charge in [-0.3, -0.25) is 4.79 Å².